The molecule has 0 fully saturated rings. The van der Waals surface area contributed by atoms with Gasteiger partial charge >= 0.3 is 0 Å². The summed E-state index contributed by atoms with van der Waals surface area (Å²) in [5.74, 6) is 0. The molecular formula is C14H7ClO2S. The highest BCUT2D eigenvalue weighted by Crippen LogP contribution is 2.23. The van der Waals surface area contributed by atoms with Crippen LogP contribution in [0.1, 0.15) is 0 Å². The monoisotopic (exact) mass is 274 g/mol. The Morgan fingerprint density at radius 3 is 2.33 bits per heavy atom. The van der Waals surface area contributed by atoms with Crippen molar-refractivity contribution in [2.24, 2.45) is 0 Å². The van der Waals surface area contributed by atoms with Crippen molar-refractivity contribution in [2.45, 2.75) is 0 Å². The maximum Gasteiger partial charge on any atom is 0.235 e. The van der Waals surface area contributed by atoms with Gasteiger partial charge in [0, 0.05) is 25.2 Å². The first-order valence-electron chi connectivity index (χ1n) is 5.32. The molecule has 0 bridgehead atoms. The third-order valence-electron chi connectivity index (χ3n) is 2.74. The smallest absolute Gasteiger partial charge is 0.235 e. The number of rotatable bonds is 0. The summed E-state index contributed by atoms with van der Waals surface area (Å²) in [7, 11) is 0. The molecule has 3 rings (SSSR count). The Hall–Kier alpha value is -1.71. The minimum absolute atomic E-state index is 0.383. The van der Waals surface area contributed by atoms with Gasteiger partial charge in [-0.3, -0.25) is 9.59 Å². The van der Waals surface area contributed by atoms with Crippen molar-refractivity contribution >= 4 is 43.1 Å². The maximum atomic E-state index is 12.1. The average Bonchev–Trinajstić information content (AvgIpc) is 2.48. The van der Waals surface area contributed by atoms with E-state index >= 15 is 0 Å². The highest BCUT2D eigenvalue weighted by Gasteiger charge is 2.06. The van der Waals surface area contributed by atoms with Crippen LogP contribution in [0.25, 0.3) is 20.2 Å². The number of hydrogen-bond donors (Lipinski definition) is 0. The molecule has 0 saturated heterocycles. The highest BCUT2D eigenvalue weighted by atomic mass is 35.5. The predicted molar refractivity (Wildman–Crippen MR) is 76.9 cm³/mol. The minimum Gasteiger partial charge on any atom is -0.285 e. The fourth-order valence-electron chi connectivity index (χ4n) is 1.87. The Morgan fingerprint density at radius 1 is 0.833 bits per heavy atom. The van der Waals surface area contributed by atoms with Crippen LogP contribution in [0, 0.1) is 0 Å². The molecule has 0 saturated carbocycles. The van der Waals surface area contributed by atoms with Crippen LogP contribution < -0.4 is 10.9 Å². The van der Waals surface area contributed by atoms with Gasteiger partial charge in [0.25, 0.3) is 0 Å². The Labute approximate surface area is 111 Å². The Morgan fingerprint density at radius 2 is 1.50 bits per heavy atom. The molecular weight excluding hydrogens is 268 g/mol. The van der Waals surface area contributed by atoms with Gasteiger partial charge in [-0.15, -0.1) is 11.3 Å². The molecule has 0 N–H and O–H groups in total. The molecule has 0 aliphatic rings. The summed E-state index contributed by atoms with van der Waals surface area (Å²) in [6, 6.07) is 12.2. The Kier molecular flexibility index (Phi) is 2.65. The van der Waals surface area contributed by atoms with Gasteiger partial charge in [0.1, 0.15) is 0 Å². The van der Waals surface area contributed by atoms with E-state index in [9.17, 15) is 9.59 Å². The highest BCUT2D eigenvalue weighted by molar-refractivity contribution is 7.24. The lowest BCUT2D eigenvalue weighted by molar-refractivity contribution is 1.62. The van der Waals surface area contributed by atoms with Crippen molar-refractivity contribution in [3.63, 3.8) is 0 Å². The van der Waals surface area contributed by atoms with Crippen molar-refractivity contribution in [2.75, 3.05) is 0 Å². The second kappa shape index (κ2) is 4.19. The lowest BCUT2D eigenvalue weighted by Gasteiger charge is -1.91. The topological polar surface area (TPSA) is 34.1 Å². The number of halogens is 1. The van der Waals surface area contributed by atoms with Crippen LogP contribution in [0.4, 0.5) is 0 Å². The van der Waals surface area contributed by atoms with Crippen LogP contribution in [0.3, 0.4) is 0 Å². The number of hydrogen-bond acceptors (Lipinski definition) is 3. The first kappa shape index (κ1) is 11.4. The van der Waals surface area contributed by atoms with Crippen molar-refractivity contribution in [3.8, 4) is 0 Å². The zero-order valence-corrected chi connectivity index (χ0v) is 10.7. The fourth-order valence-corrected chi connectivity index (χ4v) is 3.10. The van der Waals surface area contributed by atoms with Gasteiger partial charge in [0.2, 0.25) is 10.9 Å². The SMILES string of the molecule is O=c1c(=O)c2cc(Cl)ccc2sc2ccccc12. The molecule has 0 amide bonds. The Bertz CT molecular complexity index is 884. The van der Waals surface area contributed by atoms with E-state index in [1.807, 2.05) is 12.1 Å². The molecule has 0 aliphatic carbocycles. The molecule has 0 spiro atoms. The summed E-state index contributed by atoms with van der Waals surface area (Å²) in [6.45, 7) is 0. The second-order valence-electron chi connectivity index (χ2n) is 3.90. The van der Waals surface area contributed by atoms with Crippen molar-refractivity contribution in [1.82, 2.24) is 0 Å². The molecule has 18 heavy (non-hydrogen) atoms. The zero-order valence-electron chi connectivity index (χ0n) is 9.14. The van der Waals surface area contributed by atoms with Crippen LogP contribution in [0.2, 0.25) is 5.02 Å². The first-order chi connectivity index (χ1) is 8.66. The van der Waals surface area contributed by atoms with Gasteiger partial charge in [-0.1, -0.05) is 23.7 Å². The Balaban J connectivity index is 2.73. The summed E-state index contributed by atoms with van der Waals surface area (Å²) in [5.41, 5.74) is -0.968. The van der Waals surface area contributed by atoms with E-state index in [4.69, 9.17) is 11.6 Å². The molecule has 0 radical (unpaired) electrons. The van der Waals surface area contributed by atoms with E-state index in [1.54, 1.807) is 30.3 Å². The summed E-state index contributed by atoms with van der Waals surface area (Å²) in [5, 5.41) is 1.30. The normalized spacial score (nSPS) is 10.9. The van der Waals surface area contributed by atoms with Crippen molar-refractivity contribution in [3.05, 3.63) is 67.9 Å². The number of benzene rings is 2. The van der Waals surface area contributed by atoms with Crippen LogP contribution in [-0.2, 0) is 0 Å². The standard InChI is InChI=1S/C14H7ClO2S/c15-8-5-6-12-10(7-8)14(17)13(16)9-3-1-2-4-11(9)18-12/h1-7H. The summed E-state index contributed by atoms with van der Waals surface area (Å²) in [6.07, 6.45) is 0. The predicted octanol–water partition coefficient (Wildman–Crippen LogP) is 3.43. The summed E-state index contributed by atoms with van der Waals surface area (Å²) < 4.78 is 1.57. The largest absolute Gasteiger partial charge is 0.285 e. The fraction of sp³-hybridized carbons (Fsp3) is 0. The molecule has 3 aromatic rings. The van der Waals surface area contributed by atoms with Crippen LogP contribution in [-0.4, -0.2) is 0 Å². The molecule has 0 atom stereocenters. The van der Waals surface area contributed by atoms with Crippen LogP contribution in [0.15, 0.2) is 52.1 Å². The molecule has 2 nitrogen and oxygen atoms in total. The maximum absolute atomic E-state index is 12.1. The summed E-state index contributed by atoms with van der Waals surface area (Å²) >= 11 is 7.30. The van der Waals surface area contributed by atoms with E-state index in [-0.39, 0.29) is 0 Å². The third kappa shape index (κ3) is 1.72. The van der Waals surface area contributed by atoms with Gasteiger partial charge in [-0.25, -0.2) is 0 Å². The van der Waals surface area contributed by atoms with E-state index in [1.165, 1.54) is 11.3 Å². The second-order valence-corrected chi connectivity index (χ2v) is 5.42. The van der Waals surface area contributed by atoms with Crippen molar-refractivity contribution in [1.29, 1.82) is 0 Å². The van der Waals surface area contributed by atoms with E-state index in [0.29, 0.717) is 15.8 Å². The van der Waals surface area contributed by atoms with Crippen LogP contribution >= 0.6 is 22.9 Å². The van der Waals surface area contributed by atoms with E-state index < -0.39 is 10.9 Å². The third-order valence-corrected chi connectivity index (χ3v) is 4.13. The lowest BCUT2D eigenvalue weighted by Crippen LogP contribution is -2.20. The van der Waals surface area contributed by atoms with Crippen molar-refractivity contribution < 1.29 is 0 Å². The van der Waals surface area contributed by atoms with Crippen LogP contribution in [0.5, 0.6) is 0 Å². The minimum atomic E-state index is -0.495. The lowest BCUT2D eigenvalue weighted by atomic mass is 10.2. The van der Waals surface area contributed by atoms with E-state index in [0.717, 1.165) is 9.40 Å². The molecule has 88 valence electrons. The van der Waals surface area contributed by atoms with E-state index in [2.05, 4.69) is 0 Å². The molecule has 0 aliphatic heterocycles. The molecule has 1 heterocycles. The van der Waals surface area contributed by atoms with Gasteiger partial charge < -0.3 is 0 Å². The molecule has 2 aromatic carbocycles. The molecule has 1 aromatic heterocycles. The first-order valence-corrected chi connectivity index (χ1v) is 6.52. The summed E-state index contributed by atoms with van der Waals surface area (Å²) in [4.78, 5) is 24.2. The van der Waals surface area contributed by atoms with Gasteiger partial charge in [0.15, 0.2) is 0 Å². The van der Waals surface area contributed by atoms with Gasteiger partial charge in [-0.2, -0.15) is 0 Å². The number of fused-ring (bicyclic) bond motifs is 2. The zero-order chi connectivity index (χ0) is 12.7. The quantitative estimate of drug-likeness (QED) is 0.589. The molecule has 0 unspecified atom stereocenters. The average molecular weight is 275 g/mol. The molecule has 4 heteroatoms. The van der Waals surface area contributed by atoms with Gasteiger partial charge in [0.05, 0.1) is 0 Å². The van der Waals surface area contributed by atoms with Gasteiger partial charge in [-0.05, 0) is 30.3 Å².